The average Bonchev–Trinajstić information content (AvgIpc) is 3.00. The van der Waals surface area contributed by atoms with Crippen molar-refractivity contribution in [3.05, 3.63) is 0 Å². The summed E-state index contributed by atoms with van der Waals surface area (Å²) in [6.07, 6.45) is 6.49. The summed E-state index contributed by atoms with van der Waals surface area (Å²) in [5.41, 5.74) is 0. The van der Waals surface area contributed by atoms with Crippen molar-refractivity contribution in [2.75, 3.05) is 13.1 Å². The normalized spacial score (nSPS) is 24.8. The van der Waals surface area contributed by atoms with Crippen molar-refractivity contribution < 1.29 is 0 Å². The van der Waals surface area contributed by atoms with Crippen molar-refractivity contribution in [3.63, 3.8) is 0 Å². The molecular weight excluding hydrogens is 160 g/mol. The number of piperidine rings is 1. The molecule has 2 nitrogen and oxygen atoms in total. The molecule has 0 amide bonds. The SMILES string of the molecule is CCC1CCN(C(=N)C2CC2)CC1. The lowest BCUT2D eigenvalue weighted by Crippen LogP contribution is -2.38. The van der Waals surface area contributed by atoms with Crippen LogP contribution in [0.5, 0.6) is 0 Å². The Balaban J connectivity index is 1.79. The van der Waals surface area contributed by atoms with Gasteiger partial charge in [-0.15, -0.1) is 0 Å². The summed E-state index contributed by atoms with van der Waals surface area (Å²) in [6.45, 7) is 4.58. The lowest BCUT2D eigenvalue weighted by atomic mass is 9.94. The molecule has 74 valence electrons. The Morgan fingerprint density at radius 1 is 1.23 bits per heavy atom. The molecule has 1 saturated heterocycles. The minimum atomic E-state index is 0.637. The Morgan fingerprint density at radius 3 is 2.31 bits per heavy atom. The fourth-order valence-electron chi connectivity index (χ4n) is 2.20. The molecule has 2 heteroatoms. The zero-order valence-electron chi connectivity index (χ0n) is 8.55. The number of nitrogens with zero attached hydrogens (tertiary/aromatic N) is 1. The highest BCUT2D eigenvalue weighted by Crippen LogP contribution is 2.32. The Bertz CT molecular complexity index is 188. The maximum absolute atomic E-state index is 7.95. The molecule has 0 aromatic carbocycles. The molecule has 1 aliphatic heterocycles. The molecule has 1 heterocycles. The van der Waals surface area contributed by atoms with Gasteiger partial charge in [-0.3, -0.25) is 5.41 Å². The van der Waals surface area contributed by atoms with Crippen LogP contribution in [-0.4, -0.2) is 23.8 Å². The fourth-order valence-corrected chi connectivity index (χ4v) is 2.20. The Labute approximate surface area is 80.8 Å². The van der Waals surface area contributed by atoms with Gasteiger partial charge >= 0.3 is 0 Å². The molecule has 13 heavy (non-hydrogen) atoms. The lowest BCUT2D eigenvalue weighted by molar-refractivity contribution is 0.256. The van der Waals surface area contributed by atoms with Crippen LogP contribution in [-0.2, 0) is 0 Å². The van der Waals surface area contributed by atoms with E-state index in [2.05, 4.69) is 11.8 Å². The Kier molecular flexibility index (Phi) is 2.56. The minimum absolute atomic E-state index is 0.637. The maximum atomic E-state index is 7.95. The van der Waals surface area contributed by atoms with Crippen molar-refractivity contribution in [2.45, 2.75) is 39.0 Å². The van der Waals surface area contributed by atoms with E-state index < -0.39 is 0 Å². The van der Waals surface area contributed by atoms with Gasteiger partial charge in [-0.1, -0.05) is 13.3 Å². The first-order valence-corrected chi connectivity index (χ1v) is 5.64. The quantitative estimate of drug-likeness (QED) is 0.513. The van der Waals surface area contributed by atoms with Gasteiger partial charge in [0.2, 0.25) is 0 Å². The zero-order valence-corrected chi connectivity index (χ0v) is 8.55. The van der Waals surface area contributed by atoms with Gasteiger partial charge in [0.1, 0.15) is 0 Å². The van der Waals surface area contributed by atoms with E-state index in [-0.39, 0.29) is 0 Å². The van der Waals surface area contributed by atoms with Crippen molar-refractivity contribution in [3.8, 4) is 0 Å². The molecule has 1 saturated carbocycles. The highest BCUT2D eigenvalue weighted by molar-refractivity contribution is 5.83. The second-order valence-electron chi connectivity index (χ2n) is 4.50. The van der Waals surface area contributed by atoms with Gasteiger partial charge in [-0.25, -0.2) is 0 Å². The molecule has 0 radical (unpaired) electrons. The molecule has 0 aromatic heterocycles. The van der Waals surface area contributed by atoms with E-state index in [9.17, 15) is 0 Å². The number of hydrogen-bond donors (Lipinski definition) is 1. The van der Waals surface area contributed by atoms with Gasteiger partial charge in [0.15, 0.2) is 0 Å². The van der Waals surface area contributed by atoms with E-state index >= 15 is 0 Å². The van der Waals surface area contributed by atoms with Crippen LogP contribution in [0.25, 0.3) is 0 Å². The topological polar surface area (TPSA) is 27.1 Å². The summed E-state index contributed by atoms with van der Waals surface area (Å²) in [4.78, 5) is 2.31. The van der Waals surface area contributed by atoms with Crippen LogP contribution >= 0.6 is 0 Å². The van der Waals surface area contributed by atoms with Crippen LogP contribution in [0.3, 0.4) is 0 Å². The summed E-state index contributed by atoms with van der Waals surface area (Å²) in [5, 5.41) is 7.95. The third kappa shape index (κ3) is 2.04. The minimum Gasteiger partial charge on any atom is -0.360 e. The first-order chi connectivity index (χ1) is 6.31. The third-order valence-electron chi connectivity index (χ3n) is 3.50. The number of rotatable bonds is 2. The lowest BCUT2D eigenvalue weighted by Gasteiger charge is -2.33. The van der Waals surface area contributed by atoms with Crippen molar-refractivity contribution >= 4 is 5.84 Å². The summed E-state index contributed by atoms with van der Waals surface area (Å²) in [5.74, 6) is 2.51. The summed E-state index contributed by atoms with van der Waals surface area (Å²) in [6, 6.07) is 0. The molecule has 0 unspecified atom stereocenters. The van der Waals surface area contributed by atoms with E-state index in [1.165, 1.54) is 32.1 Å². The molecule has 0 spiro atoms. The van der Waals surface area contributed by atoms with Gasteiger partial charge in [-0.2, -0.15) is 0 Å². The Hall–Kier alpha value is -0.530. The highest BCUT2D eigenvalue weighted by Gasteiger charge is 2.31. The summed E-state index contributed by atoms with van der Waals surface area (Å²) < 4.78 is 0. The van der Waals surface area contributed by atoms with Crippen LogP contribution in [0.1, 0.15) is 39.0 Å². The van der Waals surface area contributed by atoms with Crippen LogP contribution in [0.2, 0.25) is 0 Å². The standard InChI is InChI=1S/C11H20N2/c1-2-9-5-7-13(8-6-9)11(12)10-3-4-10/h9-10,12H,2-8H2,1H3. The Morgan fingerprint density at radius 2 is 1.85 bits per heavy atom. The number of nitrogens with one attached hydrogen (secondary N) is 1. The predicted octanol–water partition coefficient (Wildman–Crippen LogP) is 2.50. The highest BCUT2D eigenvalue weighted by atomic mass is 15.2. The zero-order chi connectivity index (χ0) is 9.26. The molecule has 0 atom stereocenters. The van der Waals surface area contributed by atoms with E-state index in [1.54, 1.807) is 0 Å². The van der Waals surface area contributed by atoms with E-state index in [1.807, 2.05) is 0 Å². The van der Waals surface area contributed by atoms with Crippen molar-refractivity contribution in [1.29, 1.82) is 5.41 Å². The number of hydrogen-bond acceptors (Lipinski definition) is 1. The third-order valence-corrected chi connectivity index (χ3v) is 3.50. The second kappa shape index (κ2) is 3.69. The largest absolute Gasteiger partial charge is 0.360 e. The molecular formula is C11H20N2. The van der Waals surface area contributed by atoms with Crippen LogP contribution in [0.4, 0.5) is 0 Å². The number of amidine groups is 1. The molecule has 1 aliphatic carbocycles. The van der Waals surface area contributed by atoms with Gasteiger partial charge in [0.05, 0.1) is 5.84 Å². The maximum Gasteiger partial charge on any atom is 0.0989 e. The van der Waals surface area contributed by atoms with Gasteiger partial charge < -0.3 is 4.90 Å². The summed E-state index contributed by atoms with van der Waals surface area (Å²) in [7, 11) is 0. The van der Waals surface area contributed by atoms with Crippen molar-refractivity contribution in [2.24, 2.45) is 11.8 Å². The van der Waals surface area contributed by atoms with Crippen LogP contribution < -0.4 is 0 Å². The first kappa shape index (κ1) is 9.04. The van der Waals surface area contributed by atoms with E-state index in [4.69, 9.17) is 5.41 Å². The van der Waals surface area contributed by atoms with Gasteiger partial charge in [0.25, 0.3) is 0 Å². The van der Waals surface area contributed by atoms with Crippen molar-refractivity contribution in [1.82, 2.24) is 4.90 Å². The molecule has 2 aliphatic rings. The molecule has 2 rings (SSSR count). The van der Waals surface area contributed by atoms with E-state index in [0.29, 0.717) is 5.92 Å². The fraction of sp³-hybridized carbons (Fsp3) is 0.909. The summed E-state index contributed by atoms with van der Waals surface area (Å²) >= 11 is 0. The molecule has 0 aromatic rings. The van der Waals surface area contributed by atoms with Crippen LogP contribution in [0.15, 0.2) is 0 Å². The van der Waals surface area contributed by atoms with E-state index in [0.717, 1.165) is 24.8 Å². The molecule has 0 bridgehead atoms. The molecule has 2 fully saturated rings. The number of likely N-dealkylation sites (tertiary alicyclic amines) is 1. The van der Waals surface area contributed by atoms with Crippen LogP contribution in [0, 0.1) is 17.2 Å². The monoisotopic (exact) mass is 180 g/mol. The predicted molar refractivity (Wildman–Crippen MR) is 55.0 cm³/mol. The van der Waals surface area contributed by atoms with Gasteiger partial charge in [0, 0.05) is 19.0 Å². The average molecular weight is 180 g/mol. The second-order valence-corrected chi connectivity index (χ2v) is 4.50. The van der Waals surface area contributed by atoms with Gasteiger partial charge in [-0.05, 0) is 31.6 Å². The first-order valence-electron chi connectivity index (χ1n) is 5.64. The molecule has 1 N–H and O–H groups in total. The smallest absolute Gasteiger partial charge is 0.0989 e.